The van der Waals surface area contributed by atoms with E-state index < -0.39 is 0 Å². The fourth-order valence-corrected chi connectivity index (χ4v) is 3.98. The van der Waals surface area contributed by atoms with Crippen molar-refractivity contribution < 1.29 is 4.79 Å². The van der Waals surface area contributed by atoms with Crippen molar-refractivity contribution >= 4 is 33.4 Å². The summed E-state index contributed by atoms with van der Waals surface area (Å²) in [6, 6.07) is 5.28. The van der Waals surface area contributed by atoms with Gasteiger partial charge in [-0.05, 0) is 31.0 Å². The van der Waals surface area contributed by atoms with Gasteiger partial charge < -0.3 is 0 Å². The van der Waals surface area contributed by atoms with Crippen molar-refractivity contribution in [3.05, 3.63) is 41.2 Å². The van der Waals surface area contributed by atoms with Crippen LogP contribution in [-0.4, -0.2) is 26.1 Å². The van der Waals surface area contributed by atoms with Crippen LogP contribution >= 0.6 is 11.3 Å². The Hall–Kier alpha value is -2.41. The van der Waals surface area contributed by atoms with Gasteiger partial charge >= 0.3 is 0 Å². The number of anilines is 1. The first kappa shape index (κ1) is 15.1. The average molecular weight is 339 g/mol. The number of rotatable bonds is 3. The van der Waals surface area contributed by atoms with Gasteiger partial charge in [0.25, 0.3) is 5.91 Å². The highest BCUT2D eigenvalue weighted by molar-refractivity contribution is 7.15. The quantitative estimate of drug-likeness (QED) is 0.785. The molecule has 1 aliphatic carbocycles. The summed E-state index contributed by atoms with van der Waals surface area (Å²) in [7, 11) is 0. The van der Waals surface area contributed by atoms with Crippen LogP contribution in [0.2, 0.25) is 0 Å². The molecule has 1 fully saturated rings. The SMILES string of the molecule is O=C(Nc1nnc(C2CCCCC2)s1)c1ccc2nccnc2c1. The van der Waals surface area contributed by atoms with Gasteiger partial charge in [-0.2, -0.15) is 0 Å². The van der Waals surface area contributed by atoms with Crippen molar-refractivity contribution in [1.29, 1.82) is 0 Å². The number of nitrogens with one attached hydrogen (secondary N) is 1. The zero-order valence-electron chi connectivity index (χ0n) is 13.1. The molecule has 2 aromatic heterocycles. The highest BCUT2D eigenvalue weighted by atomic mass is 32.1. The molecule has 122 valence electrons. The third-order valence-electron chi connectivity index (χ3n) is 4.35. The van der Waals surface area contributed by atoms with Gasteiger partial charge in [0.15, 0.2) is 0 Å². The molecule has 3 aromatic rings. The minimum absolute atomic E-state index is 0.200. The Kier molecular flexibility index (Phi) is 4.17. The van der Waals surface area contributed by atoms with Gasteiger partial charge in [-0.1, -0.05) is 30.6 Å². The second kappa shape index (κ2) is 6.60. The van der Waals surface area contributed by atoms with E-state index in [1.165, 1.54) is 43.4 Å². The number of hydrogen-bond acceptors (Lipinski definition) is 6. The van der Waals surface area contributed by atoms with Crippen molar-refractivity contribution in [2.24, 2.45) is 0 Å². The van der Waals surface area contributed by atoms with Crippen LogP contribution in [0.3, 0.4) is 0 Å². The number of carbonyl (C=O) groups excluding carboxylic acids is 1. The molecule has 4 rings (SSSR count). The summed E-state index contributed by atoms with van der Waals surface area (Å²) in [6.07, 6.45) is 9.41. The second-order valence-electron chi connectivity index (χ2n) is 5.99. The normalized spacial score (nSPS) is 15.5. The number of amides is 1. The standard InChI is InChI=1S/C17H17N5OS/c23-15(12-6-7-13-14(10-12)19-9-8-18-13)20-17-22-21-16(24-17)11-4-2-1-3-5-11/h6-11H,1-5H2,(H,20,22,23). The van der Waals surface area contributed by atoms with Crippen LogP contribution in [0.25, 0.3) is 11.0 Å². The molecule has 0 spiro atoms. The molecular weight excluding hydrogens is 322 g/mol. The monoisotopic (exact) mass is 339 g/mol. The van der Waals surface area contributed by atoms with Crippen molar-refractivity contribution in [1.82, 2.24) is 20.2 Å². The van der Waals surface area contributed by atoms with Crippen LogP contribution in [0.1, 0.15) is 53.4 Å². The van der Waals surface area contributed by atoms with Gasteiger partial charge in [0.05, 0.1) is 11.0 Å². The maximum Gasteiger partial charge on any atom is 0.257 e. The van der Waals surface area contributed by atoms with E-state index >= 15 is 0 Å². The molecule has 0 atom stereocenters. The Morgan fingerprint density at radius 1 is 1.04 bits per heavy atom. The summed E-state index contributed by atoms with van der Waals surface area (Å²) in [5.74, 6) is 0.298. The summed E-state index contributed by atoms with van der Waals surface area (Å²) < 4.78 is 0. The third-order valence-corrected chi connectivity index (χ3v) is 5.35. The molecule has 2 heterocycles. The number of aromatic nitrogens is 4. The zero-order valence-corrected chi connectivity index (χ0v) is 13.9. The number of benzene rings is 1. The van der Waals surface area contributed by atoms with Crippen molar-refractivity contribution in [2.75, 3.05) is 5.32 Å². The highest BCUT2D eigenvalue weighted by Gasteiger charge is 2.20. The van der Waals surface area contributed by atoms with Crippen LogP contribution in [0.15, 0.2) is 30.6 Å². The fraction of sp³-hybridized carbons (Fsp3) is 0.353. The summed E-state index contributed by atoms with van der Waals surface area (Å²) >= 11 is 1.48. The summed E-state index contributed by atoms with van der Waals surface area (Å²) in [5, 5.41) is 12.8. The predicted molar refractivity (Wildman–Crippen MR) is 93.2 cm³/mol. The Labute approximate surface area is 143 Å². The largest absolute Gasteiger partial charge is 0.296 e. The molecule has 24 heavy (non-hydrogen) atoms. The smallest absolute Gasteiger partial charge is 0.257 e. The topological polar surface area (TPSA) is 80.7 Å². The first-order chi connectivity index (χ1) is 11.8. The Bertz CT molecular complexity index is 872. The summed E-state index contributed by atoms with van der Waals surface area (Å²) in [6.45, 7) is 0. The number of fused-ring (bicyclic) bond motifs is 1. The van der Waals surface area contributed by atoms with E-state index in [1.54, 1.807) is 30.6 Å². The highest BCUT2D eigenvalue weighted by Crippen LogP contribution is 2.35. The van der Waals surface area contributed by atoms with Gasteiger partial charge in [0.1, 0.15) is 5.01 Å². The molecule has 1 aliphatic rings. The Morgan fingerprint density at radius 3 is 2.67 bits per heavy atom. The average Bonchev–Trinajstić information content (AvgIpc) is 3.10. The van der Waals surface area contributed by atoms with E-state index in [0.717, 1.165) is 10.5 Å². The summed E-state index contributed by atoms with van der Waals surface area (Å²) in [4.78, 5) is 20.9. The van der Waals surface area contributed by atoms with Crippen LogP contribution in [0.4, 0.5) is 5.13 Å². The van der Waals surface area contributed by atoms with Crippen molar-refractivity contribution in [3.8, 4) is 0 Å². The minimum atomic E-state index is -0.200. The molecule has 0 aliphatic heterocycles. The zero-order chi connectivity index (χ0) is 16.4. The van der Waals surface area contributed by atoms with Crippen molar-refractivity contribution in [3.63, 3.8) is 0 Å². The molecule has 1 saturated carbocycles. The van der Waals surface area contributed by atoms with Gasteiger partial charge in [0, 0.05) is 23.9 Å². The Morgan fingerprint density at radius 2 is 1.83 bits per heavy atom. The molecular formula is C17H17N5OS. The van der Waals surface area contributed by atoms with Crippen LogP contribution < -0.4 is 5.32 Å². The molecule has 1 aromatic carbocycles. The van der Waals surface area contributed by atoms with E-state index in [0.29, 0.717) is 22.1 Å². The Balaban J connectivity index is 1.49. The minimum Gasteiger partial charge on any atom is -0.296 e. The molecule has 0 unspecified atom stereocenters. The molecule has 1 amide bonds. The van der Waals surface area contributed by atoms with Gasteiger partial charge in [-0.25, -0.2) is 0 Å². The van der Waals surface area contributed by atoms with Crippen LogP contribution in [-0.2, 0) is 0 Å². The van der Waals surface area contributed by atoms with Gasteiger partial charge in [-0.15, -0.1) is 10.2 Å². The van der Waals surface area contributed by atoms with Gasteiger partial charge in [-0.3, -0.25) is 20.1 Å². The van der Waals surface area contributed by atoms with E-state index in [4.69, 9.17) is 0 Å². The lowest BCUT2D eigenvalue weighted by atomic mass is 9.90. The molecule has 0 saturated heterocycles. The maximum absolute atomic E-state index is 12.4. The maximum atomic E-state index is 12.4. The molecule has 1 N–H and O–H groups in total. The van der Waals surface area contributed by atoms with Crippen LogP contribution in [0, 0.1) is 0 Å². The van der Waals surface area contributed by atoms with E-state index in [-0.39, 0.29) is 5.91 Å². The second-order valence-corrected chi connectivity index (χ2v) is 7.00. The van der Waals surface area contributed by atoms with E-state index in [2.05, 4.69) is 25.5 Å². The first-order valence-corrected chi connectivity index (χ1v) is 8.97. The lowest BCUT2D eigenvalue weighted by Crippen LogP contribution is -2.11. The molecule has 6 nitrogen and oxygen atoms in total. The van der Waals surface area contributed by atoms with E-state index in [9.17, 15) is 4.79 Å². The first-order valence-electron chi connectivity index (χ1n) is 8.15. The number of nitrogens with zero attached hydrogens (tertiary/aromatic N) is 4. The lowest BCUT2D eigenvalue weighted by Gasteiger charge is -2.18. The third kappa shape index (κ3) is 3.12. The number of hydrogen-bond donors (Lipinski definition) is 1. The van der Waals surface area contributed by atoms with Crippen molar-refractivity contribution in [2.45, 2.75) is 38.0 Å². The lowest BCUT2D eigenvalue weighted by molar-refractivity contribution is 0.102. The summed E-state index contributed by atoms with van der Waals surface area (Å²) in [5.41, 5.74) is 2.01. The molecule has 7 heteroatoms. The predicted octanol–water partition coefficient (Wildman–Crippen LogP) is 3.78. The fourth-order valence-electron chi connectivity index (χ4n) is 3.07. The van der Waals surface area contributed by atoms with Gasteiger partial charge in [0.2, 0.25) is 5.13 Å². The van der Waals surface area contributed by atoms with E-state index in [1.807, 2.05) is 0 Å². The molecule has 0 bridgehead atoms. The van der Waals surface area contributed by atoms with Crippen LogP contribution in [0.5, 0.6) is 0 Å². The molecule has 0 radical (unpaired) electrons. The number of carbonyl (C=O) groups is 1.